The van der Waals surface area contributed by atoms with E-state index in [1.807, 2.05) is 13.8 Å². The number of carbonyl (C=O) groups is 2. The van der Waals surface area contributed by atoms with Crippen molar-refractivity contribution in [3.63, 3.8) is 0 Å². The fraction of sp³-hybridized carbons (Fsp3) is 0.727. The maximum Gasteiger partial charge on any atom is 0.330 e. The molecule has 6 nitrogen and oxygen atoms in total. The Morgan fingerprint density at radius 2 is 1.86 bits per heavy atom. The van der Waals surface area contributed by atoms with Crippen LogP contribution in [-0.4, -0.2) is 52.8 Å². The van der Waals surface area contributed by atoms with Gasteiger partial charge in [-0.1, -0.05) is 40.7 Å². The molecule has 1 fully saturated rings. The van der Waals surface area contributed by atoms with E-state index in [9.17, 15) is 9.59 Å². The van der Waals surface area contributed by atoms with Crippen molar-refractivity contribution in [3.8, 4) is 0 Å². The lowest BCUT2D eigenvalue weighted by atomic mass is 9.76. The highest BCUT2D eigenvalue weighted by Crippen LogP contribution is 2.45. The molecule has 0 aromatic heterocycles. The van der Waals surface area contributed by atoms with Crippen LogP contribution >= 0.6 is 0 Å². The lowest BCUT2D eigenvalue weighted by Crippen LogP contribution is -2.62. The molecule has 0 aromatic carbocycles. The Hall–Kier alpha value is -1.28. The van der Waals surface area contributed by atoms with E-state index in [-0.39, 0.29) is 23.5 Å². The SMILES string of the molecule is C=CC[C@@H]1C/C(=C\C(=O)OC)C(=O)[C@](OC)(C(C)(C)CO[Si](C)(C)C(C)(C)C)O1. The normalized spacial score (nSPS) is 25.2. The van der Waals surface area contributed by atoms with Crippen LogP contribution in [0.15, 0.2) is 24.3 Å². The van der Waals surface area contributed by atoms with Crippen molar-refractivity contribution in [2.24, 2.45) is 5.41 Å². The zero-order valence-electron chi connectivity index (χ0n) is 19.5. The molecule has 0 aliphatic carbocycles. The van der Waals surface area contributed by atoms with Crippen molar-refractivity contribution in [1.82, 2.24) is 0 Å². The Balaban J connectivity index is 3.34. The average molecular weight is 427 g/mol. The third-order valence-electron chi connectivity index (χ3n) is 6.07. The van der Waals surface area contributed by atoms with Crippen molar-refractivity contribution in [2.45, 2.75) is 77.5 Å². The van der Waals surface area contributed by atoms with Crippen molar-refractivity contribution >= 4 is 20.1 Å². The van der Waals surface area contributed by atoms with Crippen LogP contribution in [0.4, 0.5) is 0 Å². The molecule has 0 amide bonds. The van der Waals surface area contributed by atoms with Crippen LogP contribution < -0.4 is 0 Å². The van der Waals surface area contributed by atoms with E-state index in [1.54, 1.807) is 6.08 Å². The molecule has 2 atom stereocenters. The fourth-order valence-electron chi connectivity index (χ4n) is 3.08. The monoisotopic (exact) mass is 426 g/mol. The van der Waals surface area contributed by atoms with Gasteiger partial charge in [0.25, 0.3) is 0 Å². The number of ketones is 1. The van der Waals surface area contributed by atoms with Gasteiger partial charge in [-0.3, -0.25) is 4.79 Å². The third kappa shape index (κ3) is 5.45. The summed E-state index contributed by atoms with van der Waals surface area (Å²) in [6, 6.07) is 0. The Morgan fingerprint density at radius 3 is 2.31 bits per heavy atom. The minimum absolute atomic E-state index is 0.0298. The predicted molar refractivity (Wildman–Crippen MR) is 116 cm³/mol. The highest BCUT2D eigenvalue weighted by atomic mass is 28.4. The molecule has 0 bridgehead atoms. The number of ether oxygens (including phenoxy) is 3. The summed E-state index contributed by atoms with van der Waals surface area (Å²) in [5, 5.41) is 0.0298. The average Bonchev–Trinajstić information content (AvgIpc) is 2.61. The van der Waals surface area contributed by atoms with Crippen molar-refractivity contribution in [1.29, 1.82) is 0 Å². The molecule has 1 heterocycles. The van der Waals surface area contributed by atoms with Crippen LogP contribution in [0.2, 0.25) is 18.1 Å². The topological polar surface area (TPSA) is 71.1 Å². The molecule has 0 spiro atoms. The first-order valence-corrected chi connectivity index (χ1v) is 12.9. The molecule has 1 aliphatic heterocycles. The molecule has 0 N–H and O–H groups in total. The summed E-state index contributed by atoms with van der Waals surface area (Å²) in [5.41, 5.74) is -0.471. The molecule has 7 heteroatoms. The van der Waals surface area contributed by atoms with Crippen molar-refractivity contribution in [3.05, 3.63) is 24.3 Å². The molecule has 0 aromatic rings. The van der Waals surface area contributed by atoms with Crippen LogP contribution in [0, 0.1) is 5.41 Å². The smallest absolute Gasteiger partial charge is 0.330 e. The third-order valence-corrected chi connectivity index (χ3v) is 10.6. The number of carbonyl (C=O) groups excluding carboxylic acids is 2. The van der Waals surface area contributed by atoms with E-state index in [2.05, 4.69) is 40.4 Å². The Labute approximate surface area is 176 Å². The summed E-state index contributed by atoms with van der Waals surface area (Å²) in [5.74, 6) is -2.51. The van der Waals surface area contributed by atoms with Crippen molar-refractivity contribution < 1.29 is 28.2 Å². The number of methoxy groups -OCH3 is 2. The van der Waals surface area contributed by atoms with Gasteiger partial charge in [0.2, 0.25) is 11.6 Å². The van der Waals surface area contributed by atoms with Gasteiger partial charge in [-0.05, 0) is 24.6 Å². The minimum atomic E-state index is -2.05. The van der Waals surface area contributed by atoms with Gasteiger partial charge in [0, 0.05) is 37.2 Å². The van der Waals surface area contributed by atoms with E-state index in [4.69, 9.17) is 18.6 Å². The highest BCUT2D eigenvalue weighted by molar-refractivity contribution is 6.74. The summed E-state index contributed by atoms with van der Waals surface area (Å²) in [6.45, 7) is 18.7. The molecule has 1 aliphatic rings. The van der Waals surface area contributed by atoms with Gasteiger partial charge in [-0.25, -0.2) is 4.79 Å². The number of rotatable bonds is 8. The highest BCUT2D eigenvalue weighted by Gasteiger charge is 2.58. The minimum Gasteiger partial charge on any atom is -0.466 e. The molecule has 166 valence electrons. The fourth-order valence-corrected chi connectivity index (χ4v) is 4.23. The van der Waals surface area contributed by atoms with Gasteiger partial charge < -0.3 is 18.6 Å². The van der Waals surface area contributed by atoms with E-state index in [0.717, 1.165) is 0 Å². The largest absolute Gasteiger partial charge is 0.466 e. The lowest BCUT2D eigenvalue weighted by Gasteiger charge is -2.49. The first-order chi connectivity index (χ1) is 13.2. The molecule has 1 rings (SSSR count). The molecule has 1 saturated heterocycles. The van der Waals surface area contributed by atoms with Gasteiger partial charge in [0.05, 0.1) is 13.2 Å². The van der Waals surface area contributed by atoms with Crippen LogP contribution in [0.1, 0.15) is 47.5 Å². The zero-order valence-corrected chi connectivity index (χ0v) is 20.5. The second-order valence-corrected chi connectivity index (χ2v) is 14.6. The van der Waals surface area contributed by atoms with E-state index in [0.29, 0.717) is 18.4 Å². The second-order valence-electron chi connectivity index (χ2n) is 9.74. The lowest BCUT2D eigenvalue weighted by molar-refractivity contribution is -0.289. The molecule has 0 unspecified atom stereocenters. The van der Waals surface area contributed by atoms with Crippen molar-refractivity contribution in [2.75, 3.05) is 20.8 Å². The number of hydrogen-bond donors (Lipinski definition) is 0. The standard InChI is InChI=1S/C22H38O6Si/c1-11-12-17-13-16(14-18(23)25-7)19(24)22(26-8,28-17)21(5,6)15-27-29(9,10)20(2,3)4/h11,14,17H,1,12-13,15H2,2-10H3/b16-14+/t17-,22-/m1/s1. The molecule has 29 heavy (non-hydrogen) atoms. The second kappa shape index (κ2) is 9.25. The number of esters is 1. The summed E-state index contributed by atoms with van der Waals surface area (Å²) >= 11 is 0. The zero-order chi connectivity index (χ0) is 22.7. The maximum absolute atomic E-state index is 13.5. The van der Waals surface area contributed by atoms with Crippen LogP contribution in [0.3, 0.4) is 0 Å². The summed E-state index contributed by atoms with van der Waals surface area (Å²) in [4.78, 5) is 25.3. The van der Waals surface area contributed by atoms with Crippen LogP contribution in [-0.2, 0) is 28.2 Å². The Bertz CT molecular complexity index is 659. The first kappa shape index (κ1) is 25.8. The van der Waals surface area contributed by atoms with Gasteiger partial charge in [-0.15, -0.1) is 6.58 Å². The van der Waals surface area contributed by atoms with Crippen LogP contribution in [0.25, 0.3) is 0 Å². The first-order valence-electron chi connectivity index (χ1n) is 9.98. The maximum atomic E-state index is 13.5. The van der Waals surface area contributed by atoms with Gasteiger partial charge in [0.15, 0.2) is 8.32 Å². The predicted octanol–water partition coefficient (Wildman–Crippen LogP) is 4.41. The summed E-state index contributed by atoms with van der Waals surface area (Å²) < 4.78 is 23.1. The summed E-state index contributed by atoms with van der Waals surface area (Å²) in [7, 11) is 0.685. The number of hydrogen-bond acceptors (Lipinski definition) is 6. The molecule has 0 saturated carbocycles. The molecular weight excluding hydrogens is 388 g/mol. The van der Waals surface area contributed by atoms with Gasteiger partial charge in [0.1, 0.15) is 0 Å². The molecule has 0 radical (unpaired) electrons. The van der Waals surface area contributed by atoms with Crippen LogP contribution in [0.5, 0.6) is 0 Å². The van der Waals surface area contributed by atoms with Gasteiger partial charge >= 0.3 is 5.97 Å². The Kier molecular flexibility index (Phi) is 8.21. The Morgan fingerprint density at radius 1 is 1.28 bits per heavy atom. The van der Waals surface area contributed by atoms with E-state index in [1.165, 1.54) is 20.3 Å². The van der Waals surface area contributed by atoms with Gasteiger partial charge in [-0.2, -0.15) is 0 Å². The van der Waals surface area contributed by atoms with E-state index < -0.39 is 25.5 Å². The number of Topliss-reactive ketones (excluding diaryl/α,β-unsaturated/α-hetero) is 1. The summed E-state index contributed by atoms with van der Waals surface area (Å²) in [6.07, 6.45) is 3.45. The van der Waals surface area contributed by atoms with E-state index >= 15 is 0 Å². The molecular formula is C22H38O6Si. The quantitative estimate of drug-likeness (QED) is 0.248.